The van der Waals surface area contributed by atoms with Crippen molar-refractivity contribution in [1.29, 1.82) is 0 Å². The van der Waals surface area contributed by atoms with Crippen LogP contribution in [-0.2, 0) is 20.8 Å². The number of halogens is 2. The molecule has 3 aromatic carbocycles. The Morgan fingerprint density at radius 3 is 2.45 bits per heavy atom. The van der Waals surface area contributed by atoms with Crippen molar-refractivity contribution in [2.75, 3.05) is 13.2 Å². The summed E-state index contributed by atoms with van der Waals surface area (Å²) in [5.41, 5.74) is 5.07. The third kappa shape index (κ3) is 7.38. The Morgan fingerprint density at radius 1 is 0.929 bits per heavy atom. The molecule has 0 unspecified atom stereocenters. The fourth-order valence-electron chi connectivity index (χ4n) is 8.19. The Kier molecular flexibility index (Phi) is 9.45. The van der Waals surface area contributed by atoms with Crippen LogP contribution >= 0.6 is 0 Å². The van der Waals surface area contributed by atoms with Gasteiger partial charge in [0.2, 0.25) is 0 Å². The minimum Gasteiger partial charge on any atom is -0.488 e. The molecule has 14 heteroatoms. The van der Waals surface area contributed by atoms with E-state index in [1.54, 1.807) is 30.6 Å². The summed E-state index contributed by atoms with van der Waals surface area (Å²) < 4.78 is 48.2. The Labute approximate surface area is 323 Å². The van der Waals surface area contributed by atoms with Crippen molar-refractivity contribution >= 4 is 34.0 Å². The number of hydrogen-bond acceptors (Lipinski definition) is 8. The quantitative estimate of drug-likeness (QED) is 0.174. The van der Waals surface area contributed by atoms with Crippen LogP contribution in [0.2, 0.25) is 0 Å². The number of rotatable bonds is 6. The molecule has 3 aliphatic rings. The first-order valence-corrected chi connectivity index (χ1v) is 19.2. The number of aromatic amines is 2. The SMILES string of the molecule is C[C@H]1CC[C@@H](c2ncc(-c3ccc4c(c3)COc3cc5c(ccc6[nH]c([C@@H]7C[C@H](COC(F)F)CN7C(=O)OC(C)(C)C)nc65)cc3-4)[nH]2)N1C(=O)OC(C)(C)C. The van der Waals surface area contributed by atoms with Crippen LogP contribution in [0.3, 0.4) is 0 Å². The number of amides is 2. The van der Waals surface area contributed by atoms with Crippen molar-refractivity contribution in [3.63, 3.8) is 0 Å². The lowest BCUT2D eigenvalue weighted by molar-refractivity contribution is -0.137. The zero-order valence-corrected chi connectivity index (χ0v) is 32.7. The summed E-state index contributed by atoms with van der Waals surface area (Å²) in [7, 11) is 0. The van der Waals surface area contributed by atoms with Gasteiger partial charge in [0, 0.05) is 29.5 Å². The van der Waals surface area contributed by atoms with E-state index in [9.17, 15) is 18.4 Å². The first kappa shape index (κ1) is 37.7. The molecule has 0 saturated carbocycles. The second-order valence-electron chi connectivity index (χ2n) is 17.2. The van der Waals surface area contributed by atoms with Gasteiger partial charge in [-0.1, -0.05) is 18.2 Å². The summed E-state index contributed by atoms with van der Waals surface area (Å²) in [6.07, 6.45) is 3.02. The number of aromatic nitrogens is 4. The van der Waals surface area contributed by atoms with Crippen molar-refractivity contribution in [3.05, 3.63) is 65.9 Å². The Balaban J connectivity index is 1.06. The molecule has 0 aliphatic carbocycles. The molecule has 5 heterocycles. The lowest BCUT2D eigenvalue weighted by atomic mass is 9.92. The number of likely N-dealkylation sites (tertiary alicyclic amines) is 2. The summed E-state index contributed by atoms with van der Waals surface area (Å²) in [6, 6.07) is 13.7. The first-order valence-electron chi connectivity index (χ1n) is 19.2. The van der Waals surface area contributed by atoms with Gasteiger partial charge in [0.1, 0.15) is 35.2 Å². The van der Waals surface area contributed by atoms with Crippen LogP contribution in [0.1, 0.15) is 97.0 Å². The van der Waals surface area contributed by atoms with Gasteiger partial charge in [0.05, 0.1) is 41.6 Å². The maximum atomic E-state index is 13.3. The summed E-state index contributed by atoms with van der Waals surface area (Å²) >= 11 is 0. The Hall–Kier alpha value is -5.24. The Bertz CT molecular complexity index is 2310. The monoisotopic (exact) mass is 770 g/mol. The average molecular weight is 771 g/mol. The van der Waals surface area contributed by atoms with E-state index in [0.29, 0.717) is 18.9 Å². The van der Waals surface area contributed by atoms with Gasteiger partial charge in [0.25, 0.3) is 0 Å². The van der Waals surface area contributed by atoms with Crippen molar-refractivity contribution in [3.8, 4) is 28.1 Å². The van der Waals surface area contributed by atoms with E-state index in [1.165, 1.54) is 0 Å². The molecular weight excluding hydrogens is 722 g/mol. The molecular formula is C42H48F2N6O6. The van der Waals surface area contributed by atoms with Gasteiger partial charge >= 0.3 is 18.8 Å². The molecule has 56 heavy (non-hydrogen) atoms. The predicted octanol–water partition coefficient (Wildman–Crippen LogP) is 9.66. The third-order valence-corrected chi connectivity index (χ3v) is 10.6. The molecule has 0 spiro atoms. The largest absolute Gasteiger partial charge is 0.488 e. The number of fused-ring (bicyclic) bond motifs is 6. The normalized spacial score (nSPS) is 21.1. The molecule has 2 N–H and O–H groups in total. The van der Waals surface area contributed by atoms with Crippen LogP contribution in [0.5, 0.6) is 5.75 Å². The number of imidazole rings is 2. The van der Waals surface area contributed by atoms with Crippen molar-refractivity contribution in [2.24, 2.45) is 5.92 Å². The van der Waals surface area contributed by atoms with Gasteiger partial charge in [-0.15, -0.1) is 0 Å². The maximum absolute atomic E-state index is 13.3. The van der Waals surface area contributed by atoms with Crippen LogP contribution in [0.4, 0.5) is 18.4 Å². The van der Waals surface area contributed by atoms with Crippen molar-refractivity contribution in [2.45, 2.75) is 110 Å². The number of hydrogen-bond donors (Lipinski definition) is 2. The molecule has 4 atom stereocenters. The van der Waals surface area contributed by atoms with E-state index >= 15 is 0 Å². The van der Waals surface area contributed by atoms with Crippen LogP contribution in [0, 0.1) is 5.92 Å². The summed E-state index contributed by atoms with van der Waals surface area (Å²) in [5, 5.41) is 1.85. The number of benzene rings is 3. The Morgan fingerprint density at radius 2 is 1.70 bits per heavy atom. The standard InChI is InChI=1S/C42H48F2N6O6/c1-22-8-13-32(50(22)40(52)56-42(5,6)7)36-45-18-31(47-36)25-9-11-27-26(15-25)21-53-34-17-28-24(16-29(27)34)10-12-30-35(28)48-37(46-30)33-14-23(20-54-38(43)44)19-49(33)39(51)55-41(2,3)4/h9-12,15-18,22-23,32-33,38H,8,13-14,19-21H2,1-7H3,(H,45,47)(H,46,48)/t22-,23-,32-,33-/m0/s1. The highest BCUT2D eigenvalue weighted by molar-refractivity contribution is 6.07. The molecule has 0 radical (unpaired) electrons. The minimum atomic E-state index is -2.89. The third-order valence-electron chi connectivity index (χ3n) is 10.6. The summed E-state index contributed by atoms with van der Waals surface area (Å²) in [4.78, 5) is 46.4. The van der Waals surface area contributed by atoms with E-state index in [1.807, 2.05) is 52.1 Å². The average Bonchev–Trinajstić information content (AvgIpc) is 3.93. The molecule has 2 fully saturated rings. The molecule has 2 saturated heterocycles. The smallest absolute Gasteiger partial charge is 0.411 e. The van der Waals surface area contributed by atoms with E-state index in [-0.39, 0.29) is 37.2 Å². The topological polar surface area (TPSA) is 135 Å². The minimum absolute atomic E-state index is 0.0450. The molecule has 2 aromatic heterocycles. The lowest BCUT2D eigenvalue weighted by Crippen LogP contribution is -2.40. The summed E-state index contributed by atoms with van der Waals surface area (Å²) in [6.45, 7) is 10.5. The molecule has 296 valence electrons. The van der Waals surface area contributed by atoms with Gasteiger partial charge in [-0.3, -0.25) is 9.80 Å². The van der Waals surface area contributed by atoms with Gasteiger partial charge in [-0.25, -0.2) is 19.6 Å². The fraction of sp³-hybridized carbons (Fsp3) is 0.476. The number of alkyl halides is 2. The van der Waals surface area contributed by atoms with Crippen molar-refractivity contribution in [1.82, 2.24) is 29.7 Å². The highest BCUT2D eigenvalue weighted by Crippen LogP contribution is 2.44. The van der Waals surface area contributed by atoms with Gasteiger partial charge in [0.15, 0.2) is 0 Å². The molecule has 8 rings (SSSR count). The maximum Gasteiger partial charge on any atom is 0.411 e. The zero-order chi connectivity index (χ0) is 39.7. The van der Waals surface area contributed by atoms with E-state index in [4.69, 9.17) is 24.2 Å². The number of nitrogens with one attached hydrogen (secondary N) is 2. The van der Waals surface area contributed by atoms with Gasteiger partial charge < -0.3 is 28.9 Å². The number of carbonyl (C=O) groups excluding carboxylic acids is 2. The zero-order valence-electron chi connectivity index (χ0n) is 32.7. The predicted molar refractivity (Wildman–Crippen MR) is 206 cm³/mol. The fourth-order valence-corrected chi connectivity index (χ4v) is 8.19. The van der Waals surface area contributed by atoms with E-state index < -0.39 is 29.9 Å². The second-order valence-corrected chi connectivity index (χ2v) is 17.2. The highest BCUT2D eigenvalue weighted by Gasteiger charge is 2.41. The van der Waals surface area contributed by atoms with Crippen molar-refractivity contribution < 1.29 is 37.3 Å². The second kappa shape index (κ2) is 14.1. The molecule has 3 aliphatic heterocycles. The van der Waals surface area contributed by atoms with Crippen LogP contribution < -0.4 is 4.74 Å². The first-order chi connectivity index (χ1) is 26.5. The number of H-pyrrole nitrogens is 2. The van der Waals surface area contributed by atoms with Crippen LogP contribution in [0.25, 0.3) is 44.2 Å². The lowest BCUT2D eigenvalue weighted by Gasteiger charge is -2.30. The molecule has 0 bridgehead atoms. The van der Waals surface area contributed by atoms with Gasteiger partial charge in [-0.2, -0.15) is 8.78 Å². The number of carbonyl (C=O) groups is 2. The highest BCUT2D eigenvalue weighted by atomic mass is 19.3. The summed E-state index contributed by atoms with van der Waals surface area (Å²) in [5.74, 6) is 1.71. The van der Waals surface area contributed by atoms with Crippen LogP contribution in [-0.4, -0.2) is 78.9 Å². The van der Waals surface area contributed by atoms with E-state index in [2.05, 4.69) is 39.0 Å². The van der Waals surface area contributed by atoms with Gasteiger partial charge in [-0.05, 0) is 114 Å². The van der Waals surface area contributed by atoms with Crippen LogP contribution in [0.15, 0.2) is 48.7 Å². The number of ether oxygens (including phenoxy) is 4. The van der Waals surface area contributed by atoms with E-state index in [0.717, 1.165) is 74.2 Å². The molecule has 5 aromatic rings. The molecule has 2 amide bonds. The number of nitrogens with zero attached hydrogens (tertiary/aromatic N) is 4. The molecule has 12 nitrogen and oxygen atoms in total.